The number of ether oxygens (including phenoxy) is 1. The van der Waals surface area contributed by atoms with E-state index in [0.717, 1.165) is 0 Å². The van der Waals surface area contributed by atoms with Gasteiger partial charge in [-0.15, -0.1) is 11.8 Å². The highest BCUT2D eigenvalue weighted by Crippen LogP contribution is 2.50. The SMILES string of the molecule is CC1(C)S[C@@H]2[C@H](NC(=O)COc3ccccc3)C(=O)N2[C@H]1C(=O)NCC(=O)O. The number of hydrogen-bond donors (Lipinski definition) is 3. The number of carboxylic acid groups (broad SMARTS) is 1. The van der Waals surface area contributed by atoms with Crippen LogP contribution in [-0.4, -0.2) is 69.1 Å². The number of para-hydroxylation sites is 1. The summed E-state index contributed by atoms with van der Waals surface area (Å²) < 4.78 is 4.75. The molecule has 0 unspecified atom stereocenters. The molecule has 2 fully saturated rings. The van der Waals surface area contributed by atoms with Gasteiger partial charge in [-0.2, -0.15) is 0 Å². The summed E-state index contributed by atoms with van der Waals surface area (Å²) in [7, 11) is 0. The summed E-state index contributed by atoms with van der Waals surface area (Å²) in [4.78, 5) is 49.2. The van der Waals surface area contributed by atoms with Gasteiger partial charge in [-0.25, -0.2) is 0 Å². The minimum Gasteiger partial charge on any atom is -0.484 e. The fourth-order valence-electron chi connectivity index (χ4n) is 3.31. The third-order valence-corrected chi connectivity index (χ3v) is 6.10. The van der Waals surface area contributed by atoms with Crippen molar-refractivity contribution in [2.45, 2.75) is 36.1 Å². The number of nitrogens with zero attached hydrogens (tertiary/aromatic N) is 1. The van der Waals surface area contributed by atoms with Gasteiger partial charge < -0.3 is 25.4 Å². The topological polar surface area (TPSA) is 125 Å². The molecule has 1 aromatic carbocycles. The molecule has 28 heavy (non-hydrogen) atoms. The molecule has 2 heterocycles. The zero-order valence-corrected chi connectivity index (χ0v) is 16.2. The van der Waals surface area contributed by atoms with Gasteiger partial charge in [0.05, 0.1) is 0 Å². The van der Waals surface area contributed by atoms with Crippen LogP contribution < -0.4 is 15.4 Å². The van der Waals surface area contributed by atoms with Crippen LogP contribution in [0.3, 0.4) is 0 Å². The van der Waals surface area contributed by atoms with Gasteiger partial charge in [-0.1, -0.05) is 18.2 Å². The molecule has 9 nitrogen and oxygen atoms in total. The first-order valence-corrected chi connectivity index (χ1v) is 9.55. The van der Waals surface area contributed by atoms with E-state index in [0.29, 0.717) is 5.75 Å². The Kier molecular flexibility index (Phi) is 5.50. The predicted octanol–water partition coefficient (Wildman–Crippen LogP) is -0.187. The molecule has 0 aromatic heterocycles. The second kappa shape index (κ2) is 7.70. The van der Waals surface area contributed by atoms with E-state index in [1.807, 2.05) is 19.9 Å². The van der Waals surface area contributed by atoms with Gasteiger partial charge in [-0.3, -0.25) is 19.2 Å². The monoisotopic (exact) mass is 407 g/mol. The average Bonchev–Trinajstić information content (AvgIpc) is 2.91. The van der Waals surface area contributed by atoms with Gasteiger partial charge in [-0.05, 0) is 26.0 Å². The molecule has 2 saturated heterocycles. The summed E-state index contributed by atoms with van der Waals surface area (Å²) in [6.07, 6.45) is 0. The van der Waals surface area contributed by atoms with Crippen molar-refractivity contribution in [3.05, 3.63) is 30.3 Å². The van der Waals surface area contributed by atoms with E-state index in [2.05, 4.69) is 10.6 Å². The number of carbonyl (C=O) groups is 4. The summed E-state index contributed by atoms with van der Waals surface area (Å²) in [5.41, 5.74) is 0. The molecule has 3 amide bonds. The molecule has 0 bridgehead atoms. The lowest BCUT2D eigenvalue weighted by molar-refractivity contribution is -0.155. The molecule has 3 N–H and O–H groups in total. The number of aliphatic carboxylic acids is 1. The fraction of sp³-hybridized carbons (Fsp3) is 0.444. The van der Waals surface area contributed by atoms with E-state index in [1.165, 1.54) is 16.7 Å². The highest BCUT2D eigenvalue weighted by Gasteiger charge is 2.63. The van der Waals surface area contributed by atoms with Gasteiger partial charge in [0, 0.05) is 4.75 Å². The van der Waals surface area contributed by atoms with Gasteiger partial charge in [0.1, 0.15) is 29.8 Å². The quantitative estimate of drug-likeness (QED) is 0.535. The summed E-state index contributed by atoms with van der Waals surface area (Å²) >= 11 is 1.40. The van der Waals surface area contributed by atoms with Crippen LogP contribution in [0.25, 0.3) is 0 Å². The van der Waals surface area contributed by atoms with Crippen LogP contribution in [0, 0.1) is 0 Å². The normalized spacial score (nSPS) is 24.7. The smallest absolute Gasteiger partial charge is 0.322 e. The number of nitrogens with one attached hydrogen (secondary N) is 2. The maximum Gasteiger partial charge on any atom is 0.322 e. The Morgan fingerprint density at radius 1 is 1.25 bits per heavy atom. The van der Waals surface area contributed by atoms with Crippen LogP contribution >= 0.6 is 11.8 Å². The summed E-state index contributed by atoms with van der Waals surface area (Å²) in [6, 6.07) is 7.30. The Labute approximate surface area is 165 Å². The Bertz CT molecular complexity index is 800. The van der Waals surface area contributed by atoms with Gasteiger partial charge in [0.2, 0.25) is 11.8 Å². The Morgan fingerprint density at radius 2 is 1.93 bits per heavy atom. The van der Waals surface area contributed by atoms with Crippen molar-refractivity contribution >= 4 is 35.5 Å². The molecule has 3 atom stereocenters. The fourth-order valence-corrected chi connectivity index (χ4v) is 4.94. The molecule has 2 aliphatic heterocycles. The van der Waals surface area contributed by atoms with Crippen molar-refractivity contribution in [1.29, 1.82) is 0 Å². The molecule has 150 valence electrons. The Morgan fingerprint density at radius 3 is 2.57 bits per heavy atom. The second-order valence-corrected chi connectivity index (χ2v) is 8.79. The number of carbonyl (C=O) groups excluding carboxylic acids is 3. The highest BCUT2D eigenvalue weighted by molar-refractivity contribution is 8.01. The van der Waals surface area contributed by atoms with E-state index in [4.69, 9.17) is 9.84 Å². The largest absolute Gasteiger partial charge is 0.484 e. The van der Waals surface area contributed by atoms with Gasteiger partial charge in [0.15, 0.2) is 6.61 Å². The maximum atomic E-state index is 12.6. The number of rotatable bonds is 7. The minimum absolute atomic E-state index is 0.225. The summed E-state index contributed by atoms with van der Waals surface area (Å²) in [5.74, 6) is -1.93. The van der Waals surface area contributed by atoms with E-state index in [9.17, 15) is 19.2 Å². The zero-order chi connectivity index (χ0) is 20.5. The van der Waals surface area contributed by atoms with Crippen molar-refractivity contribution in [2.75, 3.05) is 13.2 Å². The van der Waals surface area contributed by atoms with Crippen LogP contribution in [0.5, 0.6) is 5.75 Å². The summed E-state index contributed by atoms with van der Waals surface area (Å²) in [5, 5.41) is 13.3. The molecule has 0 spiro atoms. The minimum atomic E-state index is -1.16. The number of carboxylic acids is 1. The van der Waals surface area contributed by atoms with Gasteiger partial charge >= 0.3 is 5.97 Å². The van der Waals surface area contributed by atoms with E-state index in [-0.39, 0.29) is 17.9 Å². The van der Waals surface area contributed by atoms with Crippen LogP contribution in [0.1, 0.15) is 13.8 Å². The van der Waals surface area contributed by atoms with Crippen LogP contribution in [0.15, 0.2) is 30.3 Å². The molecule has 2 aliphatic rings. The van der Waals surface area contributed by atoms with Crippen LogP contribution in [0.2, 0.25) is 0 Å². The number of fused-ring (bicyclic) bond motifs is 1. The average molecular weight is 407 g/mol. The molecule has 0 aliphatic carbocycles. The van der Waals surface area contributed by atoms with E-state index < -0.39 is 41.2 Å². The van der Waals surface area contributed by atoms with Gasteiger partial charge in [0.25, 0.3) is 5.91 Å². The third-order valence-electron chi connectivity index (χ3n) is 4.53. The molecule has 0 saturated carbocycles. The standard InChI is InChI=1S/C18H21N3O6S/c1-18(2)14(15(25)19-8-12(23)24)21-16(26)13(17(21)28-18)20-11(22)9-27-10-6-4-3-5-7-10/h3-7,13-14,17H,8-9H2,1-2H3,(H,19,25)(H,20,22)(H,23,24)/t13-,14+,17-/m1/s1. The highest BCUT2D eigenvalue weighted by atomic mass is 32.2. The summed E-state index contributed by atoms with van der Waals surface area (Å²) in [6.45, 7) is 2.88. The lowest BCUT2D eigenvalue weighted by atomic mass is 9.95. The molecule has 10 heteroatoms. The van der Waals surface area contributed by atoms with E-state index in [1.54, 1.807) is 24.3 Å². The molecule has 1 aromatic rings. The first-order chi connectivity index (χ1) is 13.2. The second-order valence-electron chi connectivity index (χ2n) is 7.02. The maximum absolute atomic E-state index is 12.6. The molecule has 3 rings (SSSR count). The van der Waals surface area contributed by atoms with Crippen molar-refractivity contribution < 1.29 is 29.0 Å². The zero-order valence-electron chi connectivity index (χ0n) is 15.4. The van der Waals surface area contributed by atoms with Crippen molar-refractivity contribution in [2.24, 2.45) is 0 Å². The Hall–Kier alpha value is -2.75. The number of amides is 3. The third kappa shape index (κ3) is 3.91. The number of β-lactam (4-membered cyclic amide) rings is 1. The van der Waals surface area contributed by atoms with Crippen LogP contribution in [0.4, 0.5) is 0 Å². The number of hydrogen-bond acceptors (Lipinski definition) is 6. The lowest BCUT2D eigenvalue weighted by Gasteiger charge is -2.44. The Balaban J connectivity index is 1.59. The number of benzene rings is 1. The van der Waals surface area contributed by atoms with E-state index >= 15 is 0 Å². The first-order valence-electron chi connectivity index (χ1n) is 8.67. The van der Waals surface area contributed by atoms with Crippen molar-refractivity contribution in [3.8, 4) is 5.75 Å². The van der Waals surface area contributed by atoms with Crippen molar-refractivity contribution in [1.82, 2.24) is 15.5 Å². The van der Waals surface area contributed by atoms with Crippen molar-refractivity contribution in [3.63, 3.8) is 0 Å². The molecule has 0 radical (unpaired) electrons. The first kappa shape index (κ1) is 20.0. The predicted molar refractivity (Wildman–Crippen MR) is 101 cm³/mol. The molecular weight excluding hydrogens is 386 g/mol. The lowest BCUT2D eigenvalue weighted by Crippen LogP contribution is -2.71. The number of thioether (sulfide) groups is 1. The molecular formula is C18H21N3O6S. The van der Waals surface area contributed by atoms with Crippen LogP contribution in [-0.2, 0) is 19.2 Å².